The van der Waals surface area contributed by atoms with E-state index in [4.69, 9.17) is 4.74 Å². The van der Waals surface area contributed by atoms with Crippen LogP contribution in [0.2, 0.25) is 0 Å². The lowest BCUT2D eigenvalue weighted by Crippen LogP contribution is -2.44. The number of carbonyl (C=O) groups is 1. The number of benzene rings is 1. The molecule has 1 fully saturated rings. The van der Waals surface area contributed by atoms with Crippen LogP contribution in [0.3, 0.4) is 0 Å². The molecule has 0 saturated heterocycles. The van der Waals surface area contributed by atoms with Gasteiger partial charge in [-0.05, 0) is 44.0 Å². The van der Waals surface area contributed by atoms with E-state index in [9.17, 15) is 4.79 Å². The number of hydrogen-bond acceptors (Lipinski definition) is 3. The number of anilines is 1. The summed E-state index contributed by atoms with van der Waals surface area (Å²) in [5.41, 5.74) is 0.803. The van der Waals surface area contributed by atoms with Gasteiger partial charge in [0.1, 0.15) is 5.75 Å². The van der Waals surface area contributed by atoms with Gasteiger partial charge in [-0.25, -0.2) is 0 Å². The normalized spacial score (nSPS) is 18.1. The fourth-order valence-corrected chi connectivity index (χ4v) is 2.98. The third kappa shape index (κ3) is 5.34. The number of methoxy groups -OCH3 is 1. The van der Waals surface area contributed by atoms with Crippen LogP contribution >= 0.6 is 0 Å². The van der Waals surface area contributed by atoms with Crippen LogP contribution in [0.5, 0.6) is 5.75 Å². The third-order valence-corrected chi connectivity index (χ3v) is 4.34. The molecule has 1 aliphatic carbocycles. The van der Waals surface area contributed by atoms with Crippen molar-refractivity contribution in [2.75, 3.05) is 12.4 Å². The van der Waals surface area contributed by atoms with Crippen molar-refractivity contribution in [1.29, 1.82) is 0 Å². The highest BCUT2D eigenvalue weighted by Crippen LogP contribution is 2.18. The van der Waals surface area contributed by atoms with Crippen molar-refractivity contribution in [2.45, 2.75) is 64.0 Å². The van der Waals surface area contributed by atoms with E-state index in [1.54, 1.807) is 7.11 Å². The predicted molar refractivity (Wildman–Crippen MR) is 90.3 cm³/mol. The summed E-state index contributed by atoms with van der Waals surface area (Å²) in [6, 6.07) is 7.72. The molecule has 2 rings (SSSR count). The molecule has 4 heteroatoms. The van der Waals surface area contributed by atoms with Crippen LogP contribution in [0.15, 0.2) is 24.3 Å². The molecule has 0 spiro atoms. The smallest absolute Gasteiger partial charge is 0.241 e. The molecule has 1 aromatic rings. The van der Waals surface area contributed by atoms with E-state index in [0.29, 0.717) is 6.04 Å². The van der Waals surface area contributed by atoms with E-state index in [2.05, 4.69) is 10.6 Å². The van der Waals surface area contributed by atoms with E-state index in [0.717, 1.165) is 11.4 Å². The Bertz CT molecular complexity index is 451. The van der Waals surface area contributed by atoms with E-state index >= 15 is 0 Å². The van der Waals surface area contributed by atoms with Crippen molar-refractivity contribution in [3.8, 4) is 5.75 Å². The molecule has 1 saturated carbocycles. The van der Waals surface area contributed by atoms with Crippen LogP contribution in [-0.2, 0) is 4.79 Å². The second-order valence-electron chi connectivity index (χ2n) is 6.15. The average Bonchev–Trinajstić information content (AvgIpc) is 2.50. The number of hydrogen-bond donors (Lipinski definition) is 2. The van der Waals surface area contributed by atoms with Crippen molar-refractivity contribution < 1.29 is 9.53 Å². The lowest BCUT2D eigenvalue weighted by Gasteiger charge is -2.24. The molecule has 0 aromatic heterocycles. The second kappa shape index (κ2) is 8.79. The van der Waals surface area contributed by atoms with Gasteiger partial charge in [-0.3, -0.25) is 4.79 Å². The molecule has 1 aromatic carbocycles. The first-order valence-electron chi connectivity index (χ1n) is 8.40. The molecule has 0 unspecified atom stereocenters. The van der Waals surface area contributed by atoms with Gasteiger partial charge in [0.2, 0.25) is 5.91 Å². The van der Waals surface area contributed by atoms with Crippen molar-refractivity contribution >= 4 is 11.6 Å². The maximum atomic E-state index is 12.3. The van der Waals surface area contributed by atoms with Gasteiger partial charge in [0.15, 0.2) is 0 Å². The van der Waals surface area contributed by atoms with Crippen molar-refractivity contribution in [3.05, 3.63) is 24.3 Å². The summed E-state index contributed by atoms with van der Waals surface area (Å²) in [5.74, 6) is 0.811. The van der Waals surface area contributed by atoms with Gasteiger partial charge in [0.05, 0.1) is 13.2 Å². The highest BCUT2D eigenvalue weighted by molar-refractivity contribution is 5.94. The third-order valence-electron chi connectivity index (χ3n) is 4.34. The van der Waals surface area contributed by atoms with Gasteiger partial charge >= 0.3 is 0 Å². The summed E-state index contributed by atoms with van der Waals surface area (Å²) in [6.07, 6.45) is 8.91. The van der Waals surface area contributed by atoms with Gasteiger partial charge in [0.25, 0.3) is 0 Å². The van der Waals surface area contributed by atoms with Crippen LogP contribution in [0, 0.1) is 0 Å². The SMILES string of the molecule is COc1ccc(NC(=O)[C@H](C)NC2CCCCCCC2)cc1. The maximum absolute atomic E-state index is 12.3. The van der Waals surface area contributed by atoms with Gasteiger partial charge in [-0.15, -0.1) is 0 Å². The number of carbonyl (C=O) groups excluding carboxylic acids is 1. The zero-order valence-corrected chi connectivity index (χ0v) is 13.7. The number of amides is 1. The Hall–Kier alpha value is -1.55. The fraction of sp³-hybridized carbons (Fsp3) is 0.611. The van der Waals surface area contributed by atoms with Crippen LogP contribution in [0.4, 0.5) is 5.69 Å². The molecular weight excluding hydrogens is 276 g/mol. The highest BCUT2D eigenvalue weighted by atomic mass is 16.5. The van der Waals surface area contributed by atoms with E-state index in [-0.39, 0.29) is 11.9 Å². The quantitative estimate of drug-likeness (QED) is 0.871. The molecule has 1 amide bonds. The second-order valence-corrected chi connectivity index (χ2v) is 6.15. The topological polar surface area (TPSA) is 50.4 Å². The molecular formula is C18H28N2O2. The minimum atomic E-state index is -0.175. The van der Waals surface area contributed by atoms with Crippen molar-refractivity contribution in [2.24, 2.45) is 0 Å². The van der Waals surface area contributed by atoms with Crippen LogP contribution in [-0.4, -0.2) is 25.1 Å². The van der Waals surface area contributed by atoms with Crippen molar-refractivity contribution in [1.82, 2.24) is 5.32 Å². The minimum absolute atomic E-state index is 0.0206. The Morgan fingerprint density at radius 1 is 1.09 bits per heavy atom. The van der Waals surface area contributed by atoms with Gasteiger partial charge in [0, 0.05) is 11.7 Å². The lowest BCUT2D eigenvalue weighted by molar-refractivity contribution is -0.118. The van der Waals surface area contributed by atoms with Gasteiger partial charge in [-0.2, -0.15) is 0 Å². The van der Waals surface area contributed by atoms with Gasteiger partial charge < -0.3 is 15.4 Å². The number of rotatable bonds is 5. The molecule has 22 heavy (non-hydrogen) atoms. The zero-order chi connectivity index (χ0) is 15.8. The zero-order valence-electron chi connectivity index (χ0n) is 13.7. The summed E-state index contributed by atoms with van der Waals surface area (Å²) in [5, 5.41) is 6.45. The minimum Gasteiger partial charge on any atom is -0.497 e. The van der Waals surface area contributed by atoms with Crippen LogP contribution in [0.25, 0.3) is 0 Å². The summed E-state index contributed by atoms with van der Waals surface area (Å²) in [7, 11) is 1.63. The Balaban J connectivity index is 1.82. The van der Waals surface area contributed by atoms with E-state index in [1.165, 1.54) is 44.9 Å². The summed E-state index contributed by atoms with van der Waals surface area (Å²) in [4.78, 5) is 12.3. The van der Waals surface area contributed by atoms with Crippen LogP contribution in [0.1, 0.15) is 51.9 Å². The monoisotopic (exact) mass is 304 g/mol. The molecule has 1 atom stereocenters. The maximum Gasteiger partial charge on any atom is 0.241 e. The number of nitrogens with one attached hydrogen (secondary N) is 2. The summed E-state index contributed by atoms with van der Waals surface area (Å²) >= 11 is 0. The molecule has 122 valence electrons. The summed E-state index contributed by atoms with van der Waals surface area (Å²) in [6.45, 7) is 1.94. The molecule has 0 radical (unpaired) electrons. The molecule has 0 heterocycles. The molecule has 4 nitrogen and oxygen atoms in total. The Morgan fingerprint density at radius 3 is 2.27 bits per heavy atom. The number of ether oxygens (including phenoxy) is 1. The molecule has 0 aliphatic heterocycles. The van der Waals surface area contributed by atoms with Crippen molar-refractivity contribution in [3.63, 3.8) is 0 Å². The first kappa shape index (κ1) is 16.8. The molecule has 1 aliphatic rings. The predicted octanol–water partition coefficient (Wildman–Crippen LogP) is 3.72. The average molecular weight is 304 g/mol. The first-order chi connectivity index (χ1) is 10.7. The highest BCUT2D eigenvalue weighted by Gasteiger charge is 2.18. The standard InChI is InChI=1S/C18H28N2O2/c1-14(19-15-8-6-4-3-5-7-9-15)18(21)20-16-10-12-17(22-2)13-11-16/h10-15,19H,3-9H2,1-2H3,(H,20,21)/t14-/m0/s1. The van der Waals surface area contributed by atoms with Crippen LogP contribution < -0.4 is 15.4 Å². The van der Waals surface area contributed by atoms with Gasteiger partial charge in [-0.1, -0.05) is 32.1 Å². The fourth-order valence-electron chi connectivity index (χ4n) is 2.98. The summed E-state index contributed by atoms with van der Waals surface area (Å²) < 4.78 is 5.12. The molecule has 2 N–H and O–H groups in total. The molecule has 0 bridgehead atoms. The Labute approximate surface area is 133 Å². The lowest BCUT2D eigenvalue weighted by atomic mass is 9.96. The Morgan fingerprint density at radius 2 is 1.68 bits per heavy atom. The largest absolute Gasteiger partial charge is 0.497 e. The van der Waals surface area contributed by atoms with E-state index in [1.807, 2.05) is 31.2 Å². The first-order valence-corrected chi connectivity index (χ1v) is 8.40. The van der Waals surface area contributed by atoms with E-state index < -0.39 is 0 Å². The Kier molecular flexibility index (Phi) is 6.72.